The van der Waals surface area contributed by atoms with Crippen molar-refractivity contribution in [1.82, 2.24) is 15.2 Å². The van der Waals surface area contributed by atoms with Gasteiger partial charge in [0.1, 0.15) is 0 Å². The summed E-state index contributed by atoms with van der Waals surface area (Å²) in [4.78, 5) is 15.7. The number of carbonyl (C=O) groups is 1. The summed E-state index contributed by atoms with van der Waals surface area (Å²) in [5, 5.41) is 11.0. The van der Waals surface area contributed by atoms with Crippen LogP contribution in [0.2, 0.25) is 5.15 Å². The Labute approximate surface area is 133 Å². The Morgan fingerprint density at radius 2 is 2.15 bits per heavy atom. The number of hydrogen-bond acceptors (Lipinski definition) is 7. The van der Waals surface area contributed by atoms with Crippen LogP contribution in [-0.4, -0.2) is 32.6 Å². The molecular weight excluding hydrogens is 336 g/mol. The molecule has 0 atom stereocenters. The van der Waals surface area contributed by atoms with Crippen molar-refractivity contribution in [2.75, 3.05) is 16.8 Å². The van der Waals surface area contributed by atoms with Crippen molar-refractivity contribution in [3.8, 4) is 0 Å². The molecule has 2 aromatic rings. The molecular formula is C11H11ClN4OS3. The van der Waals surface area contributed by atoms with Crippen molar-refractivity contribution in [2.24, 2.45) is 0 Å². The van der Waals surface area contributed by atoms with Gasteiger partial charge in [0.05, 0.1) is 11.4 Å². The van der Waals surface area contributed by atoms with Gasteiger partial charge >= 0.3 is 0 Å². The zero-order valence-corrected chi connectivity index (χ0v) is 13.7. The zero-order valence-electron chi connectivity index (χ0n) is 10.5. The van der Waals surface area contributed by atoms with E-state index in [9.17, 15) is 4.79 Å². The van der Waals surface area contributed by atoms with Crippen molar-refractivity contribution in [2.45, 2.75) is 15.6 Å². The Morgan fingerprint density at radius 3 is 2.85 bits per heavy atom. The summed E-state index contributed by atoms with van der Waals surface area (Å²) in [6.45, 7) is 2.06. The Bertz CT molecular complexity index is 593. The zero-order chi connectivity index (χ0) is 14.4. The summed E-state index contributed by atoms with van der Waals surface area (Å²) in [6.07, 6.45) is 1.57. The van der Waals surface area contributed by atoms with Crippen LogP contribution in [0.5, 0.6) is 0 Å². The van der Waals surface area contributed by atoms with E-state index in [4.69, 9.17) is 11.6 Å². The summed E-state index contributed by atoms with van der Waals surface area (Å²) in [5.41, 5.74) is 0.513. The van der Waals surface area contributed by atoms with E-state index in [0.717, 1.165) is 14.4 Å². The molecule has 1 N–H and O–H groups in total. The van der Waals surface area contributed by atoms with Crippen molar-refractivity contribution >= 4 is 58.1 Å². The third-order valence-corrected chi connectivity index (χ3v) is 5.39. The molecule has 2 heterocycles. The Balaban J connectivity index is 1.84. The van der Waals surface area contributed by atoms with Crippen molar-refractivity contribution in [3.05, 3.63) is 23.5 Å². The second-order valence-corrected chi connectivity index (χ2v) is 7.51. The van der Waals surface area contributed by atoms with Crippen LogP contribution in [0, 0.1) is 0 Å². The second-order valence-electron chi connectivity index (χ2n) is 3.45. The van der Waals surface area contributed by atoms with Gasteiger partial charge < -0.3 is 5.32 Å². The van der Waals surface area contributed by atoms with Gasteiger partial charge in [0.15, 0.2) is 13.8 Å². The molecule has 0 radical (unpaired) electrons. The van der Waals surface area contributed by atoms with Crippen molar-refractivity contribution in [3.63, 3.8) is 0 Å². The molecule has 5 nitrogen and oxygen atoms in total. The number of aromatic nitrogens is 3. The fourth-order valence-corrected chi connectivity index (χ4v) is 4.11. The van der Waals surface area contributed by atoms with E-state index in [2.05, 4.69) is 27.4 Å². The molecule has 1 amide bonds. The van der Waals surface area contributed by atoms with Gasteiger partial charge in [-0.3, -0.25) is 4.79 Å². The van der Waals surface area contributed by atoms with Crippen molar-refractivity contribution in [1.29, 1.82) is 0 Å². The fraction of sp³-hybridized carbons (Fsp3) is 0.273. The first-order valence-electron chi connectivity index (χ1n) is 5.68. The summed E-state index contributed by atoms with van der Waals surface area (Å²) in [6, 6.07) is 3.42. The minimum Gasteiger partial charge on any atom is -0.323 e. The highest BCUT2D eigenvalue weighted by Crippen LogP contribution is 2.28. The molecule has 0 spiro atoms. The van der Waals surface area contributed by atoms with Gasteiger partial charge in [-0.1, -0.05) is 53.4 Å². The molecule has 0 aliphatic heterocycles. The Kier molecular flexibility index (Phi) is 6.08. The van der Waals surface area contributed by atoms with E-state index in [0.29, 0.717) is 5.69 Å². The molecule has 0 aromatic carbocycles. The first-order valence-corrected chi connectivity index (χ1v) is 8.85. The monoisotopic (exact) mass is 346 g/mol. The lowest BCUT2D eigenvalue weighted by molar-refractivity contribution is -0.113. The molecule has 0 saturated carbocycles. The molecule has 0 aliphatic rings. The number of anilines is 1. The normalized spacial score (nSPS) is 10.5. The van der Waals surface area contributed by atoms with Gasteiger partial charge in [-0.05, 0) is 17.9 Å². The number of halogens is 1. The second kappa shape index (κ2) is 7.82. The molecule has 0 bridgehead atoms. The quantitative estimate of drug-likeness (QED) is 0.638. The minimum atomic E-state index is -0.148. The molecule has 0 saturated heterocycles. The smallest absolute Gasteiger partial charge is 0.234 e. The van der Waals surface area contributed by atoms with Gasteiger partial charge in [0.25, 0.3) is 0 Å². The van der Waals surface area contributed by atoms with E-state index in [-0.39, 0.29) is 16.8 Å². The van der Waals surface area contributed by atoms with Crippen LogP contribution < -0.4 is 5.32 Å². The number of nitrogens with one attached hydrogen (secondary N) is 1. The summed E-state index contributed by atoms with van der Waals surface area (Å²) < 4.78 is 1.71. The van der Waals surface area contributed by atoms with Crippen LogP contribution in [0.1, 0.15) is 6.92 Å². The molecule has 106 valence electrons. The molecule has 0 aliphatic carbocycles. The maximum absolute atomic E-state index is 11.8. The third kappa shape index (κ3) is 4.62. The van der Waals surface area contributed by atoms with Gasteiger partial charge in [0.2, 0.25) is 5.91 Å². The lowest BCUT2D eigenvalue weighted by Gasteiger charge is -2.04. The number of thioether (sulfide) groups is 2. The maximum Gasteiger partial charge on any atom is 0.234 e. The van der Waals surface area contributed by atoms with Crippen LogP contribution in [-0.2, 0) is 4.79 Å². The highest BCUT2D eigenvalue weighted by atomic mass is 35.5. The number of nitrogens with zero attached hydrogens (tertiary/aromatic N) is 3. The number of carbonyl (C=O) groups excluding carboxylic acids is 1. The summed E-state index contributed by atoms with van der Waals surface area (Å²) in [5.74, 6) is 1.07. The summed E-state index contributed by atoms with van der Waals surface area (Å²) in [7, 11) is 0. The van der Waals surface area contributed by atoms with Gasteiger partial charge in [0, 0.05) is 6.20 Å². The number of pyridine rings is 1. The highest BCUT2D eigenvalue weighted by Gasteiger charge is 2.10. The minimum absolute atomic E-state index is 0.148. The topological polar surface area (TPSA) is 67.8 Å². The van der Waals surface area contributed by atoms with Gasteiger partial charge in [-0.15, -0.1) is 10.2 Å². The average molecular weight is 347 g/mol. The van der Waals surface area contributed by atoms with E-state index in [1.54, 1.807) is 30.1 Å². The fourth-order valence-electron chi connectivity index (χ4n) is 1.23. The maximum atomic E-state index is 11.8. The van der Waals surface area contributed by atoms with E-state index < -0.39 is 0 Å². The van der Waals surface area contributed by atoms with Gasteiger partial charge in [-0.2, -0.15) is 0 Å². The third-order valence-electron chi connectivity index (χ3n) is 2.02. The van der Waals surface area contributed by atoms with E-state index in [1.807, 2.05) is 0 Å². The standard InChI is InChI=1S/C11H11ClN4OS3/c1-2-18-10-15-16-11(20-10)19-6-8(17)14-7-4-3-5-13-9(7)12/h3-5H,2,6H2,1H3,(H,14,17). The van der Waals surface area contributed by atoms with E-state index in [1.165, 1.54) is 23.1 Å². The predicted molar refractivity (Wildman–Crippen MR) is 84.9 cm³/mol. The van der Waals surface area contributed by atoms with Crippen LogP contribution in [0.15, 0.2) is 27.0 Å². The largest absolute Gasteiger partial charge is 0.323 e. The van der Waals surface area contributed by atoms with Crippen LogP contribution in [0.25, 0.3) is 0 Å². The first-order chi connectivity index (χ1) is 9.69. The highest BCUT2D eigenvalue weighted by molar-refractivity contribution is 8.03. The number of amides is 1. The molecule has 20 heavy (non-hydrogen) atoms. The lowest BCUT2D eigenvalue weighted by atomic mass is 10.4. The van der Waals surface area contributed by atoms with Crippen molar-refractivity contribution < 1.29 is 4.79 Å². The molecule has 0 fully saturated rings. The SMILES string of the molecule is CCSc1nnc(SCC(=O)Nc2cccnc2Cl)s1. The first kappa shape index (κ1) is 15.6. The molecule has 0 unspecified atom stereocenters. The van der Waals surface area contributed by atoms with Crippen LogP contribution in [0.4, 0.5) is 5.69 Å². The average Bonchev–Trinajstić information content (AvgIpc) is 2.87. The Morgan fingerprint density at radius 1 is 1.40 bits per heavy atom. The summed E-state index contributed by atoms with van der Waals surface area (Å²) >= 11 is 10.4. The van der Waals surface area contributed by atoms with E-state index >= 15 is 0 Å². The lowest BCUT2D eigenvalue weighted by Crippen LogP contribution is -2.14. The predicted octanol–water partition coefficient (Wildman–Crippen LogP) is 3.43. The van der Waals surface area contributed by atoms with Crippen LogP contribution >= 0.6 is 46.5 Å². The van der Waals surface area contributed by atoms with Gasteiger partial charge in [-0.25, -0.2) is 4.98 Å². The molecule has 2 aromatic heterocycles. The molecule has 9 heteroatoms. The molecule has 2 rings (SSSR count). The van der Waals surface area contributed by atoms with Crippen LogP contribution in [0.3, 0.4) is 0 Å². The Hall–Kier alpha value is -0.830. The number of rotatable bonds is 6. The number of hydrogen-bond donors (Lipinski definition) is 1.